The minimum Gasteiger partial charge on any atom is -0.393 e. The van der Waals surface area contributed by atoms with Gasteiger partial charge in [-0.15, -0.1) is 0 Å². The Morgan fingerprint density at radius 2 is 1.89 bits per heavy atom. The van der Waals surface area contributed by atoms with Crippen LogP contribution in [0.15, 0.2) is 0 Å². The maximum Gasteiger partial charge on any atom is 0.0686 e. The Hall–Kier alpha value is -0.0800. The first-order valence-electron chi connectivity index (χ1n) is 8.03. The molecule has 18 heavy (non-hydrogen) atoms. The standard InChI is InChI=1S/C16H30O2/c1-3-6-13(7-4-2)15(17)14-8-11-18-16(12-14)9-5-10-16/h13-15,17H,3-12H2,1-2H3. The zero-order chi connectivity index (χ0) is 13.0. The zero-order valence-corrected chi connectivity index (χ0v) is 12.2. The van der Waals surface area contributed by atoms with Gasteiger partial charge in [-0.25, -0.2) is 0 Å². The van der Waals surface area contributed by atoms with E-state index in [1.165, 1.54) is 44.9 Å². The van der Waals surface area contributed by atoms with Gasteiger partial charge in [0.25, 0.3) is 0 Å². The summed E-state index contributed by atoms with van der Waals surface area (Å²) >= 11 is 0. The van der Waals surface area contributed by atoms with Crippen molar-refractivity contribution in [2.24, 2.45) is 11.8 Å². The quantitative estimate of drug-likeness (QED) is 0.778. The largest absolute Gasteiger partial charge is 0.393 e. The van der Waals surface area contributed by atoms with Crippen molar-refractivity contribution in [2.75, 3.05) is 6.61 Å². The average Bonchev–Trinajstić information content (AvgIpc) is 2.36. The molecule has 0 amide bonds. The number of rotatable bonds is 6. The second-order valence-electron chi connectivity index (χ2n) is 6.47. The molecule has 0 aromatic heterocycles. The third-order valence-electron chi connectivity index (χ3n) is 5.08. The molecule has 2 unspecified atom stereocenters. The summed E-state index contributed by atoms with van der Waals surface area (Å²) in [5.41, 5.74) is 0.173. The Kier molecular flexibility index (Phi) is 5.08. The van der Waals surface area contributed by atoms with Crippen LogP contribution in [0.25, 0.3) is 0 Å². The van der Waals surface area contributed by atoms with Gasteiger partial charge < -0.3 is 9.84 Å². The van der Waals surface area contributed by atoms with Crippen LogP contribution in [0.3, 0.4) is 0 Å². The Morgan fingerprint density at radius 1 is 1.22 bits per heavy atom. The summed E-state index contributed by atoms with van der Waals surface area (Å²) in [5.74, 6) is 1.00. The van der Waals surface area contributed by atoms with Crippen molar-refractivity contribution in [3.63, 3.8) is 0 Å². The van der Waals surface area contributed by atoms with Gasteiger partial charge in [-0.1, -0.05) is 26.7 Å². The van der Waals surface area contributed by atoms with E-state index < -0.39 is 0 Å². The second-order valence-corrected chi connectivity index (χ2v) is 6.47. The van der Waals surface area contributed by atoms with Gasteiger partial charge in [-0.3, -0.25) is 0 Å². The van der Waals surface area contributed by atoms with E-state index in [1.54, 1.807) is 0 Å². The average molecular weight is 254 g/mol. The fraction of sp³-hybridized carbons (Fsp3) is 1.00. The van der Waals surface area contributed by atoms with Crippen LogP contribution in [-0.4, -0.2) is 23.4 Å². The fourth-order valence-electron chi connectivity index (χ4n) is 3.89. The Balaban J connectivity index is 1.91. The molecule has 0 aromatic rings. The van der Waals surface area contributed by atoms with Gasteiger partial charge in [0.2, 0.25) is 0 Å². The first-order chi connectivity index (χ1) is 8.71. The third-order valence-corrected chi connectivity index (χ3v) is 5.08. The van der Waals surface area contributed by atoms with Crippen molar-refractivity contribution in [3.05, 3.63) is 0 Å². The molecule has 2 nitrogen and oxygen atoms in total. The molecule has 2 aliphatic rings. The topological polar surface area (TPSA) is 29.5 Å². The molecule has 2 heteroatoms. The highest BCUT2D eigenvalue weighted by Crippen LogP contribution is 2.46. The number of ether oxygens (including phenoxy) is 1. The minimum atomic E-state index is -0.0914. The Bertz CT molecular complexity index is 241. The molecule has 1 aliphatic heterocycles. The van der Waals surface area contributed by atoms with E-state index in [9.17, 15) is 5.11 Å². The summed E-state index contributed by atoms with van der Waals surface area (Å²) in [6.07, 6.45) is 10.6. The van der Waals surface area contributed by atoms with Crippen LogP contribution in [0, 0.1) is 11.8 Å². The lowest BCUT2D eigenvalue weighted by molar-refractivity contribution is -0.161. The maximum absolute atomic E-state index is 10.7. The van der Waals surface area contributed by atoms with Crippen molar-refractivity contribution in [1.82, 2.24) is 0 Å². The molecule has 2 rings (SSSR count). The molecule has 1 heterocycles. The molecule has 2 atom stereocenters. The summed E-state index contributed by atoms with van der Waals surface area (Å²) in [5, 5.41) is 10.7. The summed E-state index contributed by atoms with van der Waals surface area (Å²) in [6, 6.07) is 0. The van der Waals surface area contributed by atoms with Gasteiger partial charge in [0.05, 0.1) is 11.7 Å². The van der Waals surface area contributed by atoms with Crippen molar-refractivity contribution >= 4 is 0 Å². The predicted molar refractivity (Wildman–Crippen MR) is 74.6 cm³/mol. The zero-order valence-electron chi connectivity index (χ0n) is 12.2. The first-order valence-corrected chi connectivity index (χ1v) is 8.03. The van der Waals surface area contributed by atoms with E-state index >= 15 is 0 Å². The highest BCUT2D eigenvalue weighted by Gasteiger charge is 2.44. The van der Waals surface area contributed by atoms with Gasteiger partial charge in [-0.05, 0) is 56.8 Å². The first kappa shape index (κ1) is 14.3. The minimum absolute atomic E-state index is 0.0914. The van der Waals surface area contributed by atoms with Gasteiger partial charge >= 0.3 is 0 Å². The molecule has 0 aromatic carbocycles. The van der Waals surface area contributed by atoms with E-state index in [1.807, 2.05) is 0 Å². The van der Waals surface area contributed by atoms with Crippen molar-refractivity contribution < 1.29 is 9.84 Å². The monoisotopic (exact) mass is 254 g/mol. The third kappa shape index (κ3) is 3.08. The molecule has 1 saturated heterocycles. The lowest BCUT2D eigenvalue weighted by atomic mass is 9.69. The number of hydrogen-bond acceptors (Lipinski definition) is 2. The summed E-state index contributed by atoms with van der Waals surface area (Å²) < 4.78 is 5.97. The molecule has 0 bridgehead atoms. The highest BCUT2D eigenvalue weighted by atomic mass is 16.5. The number of aliphatic hydroxyl groups excluding tert-OH is 1. The van der Waals surface area contributed by atoms with Gasteiger partial charge in [0.1, 0.15) is 0 Å². The van der Waals surface area contributed by atoms with E-state index in [-0.39, 0.29) is 11.7 Å². The molecular formula is C16H30O2. The lowest BCUT2D eigenvalue weighted by Gasteiger charge is -2.49. The molecule has 1 aliphatic carbocycles. The van der Waals surface area contributed by atoms with Gasteiger partial charge in [0.15, 0.2) is 0 Å². The highest BCUT2D eigenvalue weighted by molar-refractivity contribution is 4.96. The van der Waals surface area contributed by atoms with Crippen LogP contribution in [-0.2, 0) is 4.74 Å². The van der Waals surface area contributed by atoms with Crippen LogP contribution in [0.5, 0.6) is 0 Å². The van der Waals surface area contributed by atoms with Crippen LogP contribution in [0.4, 0.5) is 0 Å². The predicted octanol–water partition coefficient (Wildman–Crippen LogP) is 3.91. The summed E-state index contributed by atoms with van der Waals surface area (Å²) in [7, 11) is 0. The fourth-order valence-corrected chi connectivity index (χ4v) is 3.89. The number of hydrogen-bond donors (Lipinski definition) is 1. The van der Waals surface area contributed by atoms with Crippen molar-refractivity contribution in [1.29, 1.82) is 0 Å². The molecule has 0 radical (unpaired) electrons. The Morgan fingerprint density at radius 3 is 2.39 bits per heavy atom. The smallest absolute Gasteiger partial charge is 0.0686 e. The van der Waals surface area contributed by atoms with E-state index in [0.29, 0.717) is 11.8 Å². The molecule has 1 N–H and O–H groups in total. The molecule has 106 valence electrons. The van der Waals surface area contributed by atoms with E-state index in [4.69, 9.17) is 4.74 Å². The molecular weight excluding hydrogens is 224 g/mol. The second kappa shape index (κ2) is 6.38. The Labute approximate surface area is 112 Å². The lowest BCUT2D eigenvalue weighted by Crippen LogP contribution is -2.48. The molecule has 2 fully saturated rings. The van der Waals surface area contributed by atoms with Crippen LogP contribution < -0.4 is 0 Å². The normalized spacial score (nSPS) is 28.3. The summed E-state index contributed by atoms with van der Waals surface area (Å²) in [6.45, 7) is 5.33. The molecule has 1 saturated carbocycles. The maximum atomic E-state index is 10.7. The SMILES string of the molecule is CCCC(CCC)C(O)C1CCOC2(CCC2)C1. The van der Waals surface area contributed by atoms with Crippen LogP contribution in [0.2, 0.25) is 0 Å². The van der Waals surface area contributed by atoms with Gasteiger partial charge in [-0.2, -0.15) is 0 Å². The van der Waals surface area contributed by atoms with Crippen LogP contribution >= 0.6 is 0 Å². The van der Waals surface area contributed by atoms with Crippen LogP contribution in [0.1, 0.15) is 71.6 Å². The summed E-state index contributed by atoms with van der Waals surface area (Å²) in [4.78, 5) is 0. The molecule has 1 spiro atoms. The van der Waals surface area contributed by atoms with E-state index in [2.05, 4.69) is 13.8 Å². The van der Waals surface area contributed by atoms with Crippen molar-refractivity contribution in [2.45, 2.75) is 83.3 Å². The van der Waals surface area contributed by atoms with Crippen molar-refractivity contribution in [3.8, 4) is 0 Å². The van der Waals surface area contributed by atoms with Gasteiger partial charge in [0, 0.05) is 6.61 Å². The number of aliphatic hydroxyl groups is 1. The van der Waals surface area contributed by atoms with E-state index in [0.717, 1.165) is 19.4 Å².